The third-order valence-corrected chi connectivity index (χ3v) is 10.0. The molecule has 0 saturated heterocycles. The summed E-state index contributed by atoms with van der Waals surface area (Å²) in [5.41, 5.74) is 10.1. The van der Waals surface area contributed by atoms with Crippen molar-refractivity contribution in [3.8, 4) is 45.9 Å². The van der Waals surface area contributed by atoms with Crippen LogP contribution in [-0.4, -0.2) is 23.9 Å². The molecule has 0 radical (unpaired) electrons. The molecule has 0 unspecified atom stereocenters. The first-order valence-electron chi connectivity index (χ1n) is 17.3. The number of benzene rings is 7. The van der Waals surface area contributed by atoms with Gasteiger partial charge in [0.05, 0.1) is 46.0 Å². The number of rotatable bonds is 5. The first-order valence-corrected chi connectivity index (χ1v) is 17.3. The molecule has 0 saturated carbocycles. The molecule has 0 aliphatic carbocycles. The molecule has 0 spiro atoms. The van der Waals surface area contributed by atoms with E-state index in [9.17, 15) is 5.26 Å². The average molecular weight is 678 g/mol. The molecule has 3 aromatic heterocycles. The van der Waals surface area contributed by atoms with Crippen LogP contribution in [-0.2, 0) is 0 Å². The van der Waals surface area contributed by atoms with E-state index < -0.39 is 0 Å². The van der Waals surface area contributed by atoms with E-state index in [0.717, 1.165) is 61.0 Å². The standard InChI is InChI=1S/C46H27N7/c1-48-33-26-24-32(25-27-33)46-50-49-45(31-22-20-30(29-47)21-23-31)53(46)43-19-9-15-39-38-14-4-7-18-42(38)52(44(39)43)35-11-8-10-34(28-35)51-40-16-5-2-12-36(40)37-13-3-6-17-41(37)51/h2-28H. The molecule has 0 aliphatic rings. The third kappa shape index (κ3) is 4.66. The Hall–Kier alpha value is -7.74. The van der Waals surface area contributed by atoms with Crippen LogP contribution in [0.25, 0.3) is 88.3 Å². The molecule has 246 valence electrons. The highest BCUT2D eigenvalue weighted by atomic mass is 15.3. The fraction of sp³-hybridized carbons (Fsp3) is 0. The van der Waals surface area contributed by atoms with Crippen LogP contribution in [0, 0.1) is 17.9 Å². The van der Waals surface area contributed by atoms with Crippen LogP contribution in [0.15, 0.2) is 164 Å². The second-order valence-corrected chi connectivity index (χ2v) is 12.9. The third-order valence-electron chi connectivity index (χ3n) is 10.0. The van der Waals surface area contributed by atoms with E-state index in [0.29, 0.717) is 22.9 Å². The number of nitrogens with zero attached hydrogens (tertiary/aromatic N) is 7. The minimum Gasteiger partial charge on any atom is -0.309 e. The summed E-state index contributed by atoms with van der Waals surface area (Å²) in [6.45, 7) is 7.50. The Labute approximate surface area is 304 Å². The summed E-state index contributed by atoms with van der Waals surface area (Å²) in [5.74, 6) is 1.28. The normalized spacial score (nSPS) is 11.4. The van der Waals surface area contributed by atoms with Gasteiger partial charge in [0.2, 0.25) is 0 Å². The Morgan fingerprint density at radius 3 is 1.57 bits per heavy atom. The van der Waals surface area contributed by atoms with Crippen molar-refractivity contribution in [1.29, 1.82) is 5.26 Å². The summed E-state index contributed by atoms with van der Waals surface area (Å²) in [5, 5.41) is 23.7. The summed E-state index contributed by atoms with van der Waals surface area (Å²) in [7, 11) is 0. The lowest BCUT2D eigenvalue weighted by Gasteiger charge is -2.17. The van der Waals surface area contributed by atoms with Gasteiger partial charge in [0.1, 0.15) is 0 Å². The minimum absolute atomic E-state index is 0.553. The Balaban J connectivity index is 1.27. The Morgan fingerprint density at radius 2 is 0.981 bits per heavy atom. The fourth-order valence-electron chi connectivity index (χ4n) is 7.69. The maximum atomic E-state index is 9.53. The van der Waals surface area contributed by atoms with E-state index >= 15 is 0 Å². The van der Waals surface area contributed by atoms with Crippen molar-refractivity contribution >= 4 is 49.3 Å². The molecule has 0 fully saturated rings. The largest absolute Gasteiger partial charge is 0.309 e. The number of fused-ring (bicyclic) bond motifs is 6. The van der Waals surface area contributed by atoms with Gasteiger partial charge in [-0.3, -0.25) is 4.57 Å². The first kappa shape index (κ1) is 30.1. The molecular formula is C46H27N7. The Kier molecular flexibility index (Phi) is 6.79. The molecule has 3 heterocycles. The van der Waals surface area contributed by atoms with E-state index in [1.165, 1.54) is 10.8 Å². The average Bonchev–Trinajstić information content (AvgIpc) is 3.92. The van der Waals surface area contributed by atoms with Gasteiger partial charge in [-0.05, 0) is 66.7 Å². The SMILES string of the molecule is [C-]#[N+]c1ccc(-c2nnc(-c3ccc(C#N)cc3)n2-c2cccc3c4ccccc4n(-c4cccc(-n5c6ccccc6c6ccccc65)c4)c23)cc1. The number of hydrogen-bond acceptors (Lipinski definition) is 3. The van der Waals surface area contributed by atoms with Gasteiger partial charge < -0.3 is 9.13 Å². The number of aromatic nitrogens is 5. The van der Waals surface area contributed by atoms with Crippen molar-refractivity contribution in [2.75, 3.05) is 0 Å². The lowest BCUT2D eigenvalue weighted by Crippen LogP contribution is -2.05. The summed E-state index contributed by atoms with van der Waals surface area (Å²) in [6, 6.07) is 57.8. The second-order valence-electron chi connectivity index (χ2n) is 12.9. The molecule has 53 heavy (non-hydrogen) atoms. The molecule has 0 aliphatic heterocycles. The predicted octanol–water partition coefficient (Wildman–Crippen LogP) is 11.2. The van der Waals surface area contributed by atoms with E-state index in [-0.39, 0.29) is 0 Å². The Bertz CT molecular complexity index is 3000. The molecule has 7 nitrogen and oxygen atoms in total. The zero-order valence-corrected chi connectivity index (χ0v) is 28.2. The molecule has 0 amide bonds. The smallest absolute Gasteiger partial charge is 0.187 e. The van der Waals surface area contributed by atoms with Gasteiger partial charge in [0.15, 0.2) is 17.3 Å². The van der Waals surface area contributed by atoms with Crippen LogP contribution in [0.1, 0.15) is 5.56 Å². The lowest BCUT2D eigenvalue weighted by molar-refractivity contribution is 1.06. The van der Waals surface area contributed by atoms with Gasteiger partial charge in [-0.15, -0.1) is 10.2 Å². The molecule has 0 bridgehead atoms. The van der Waals surface area contributed by atoms with Crippen molar-refractivity contribution in [2.45, 2.75) is 0 Å². The summed E-state index contributed by atoms with van der Waals surface area (Å²) in [6.07, 6.45) is 0. The van der Waals surface area contributed by atoms with Gasteiger partial charge >= 0.3 is 0 Å². The van der Waals surface area contributed by atoms with Gasteiger partial charge in [0, 0.05) is 44.0 Å². The van der Waals surface area contributed by atoms with Crippen LogP contribution in [0.4, 0.5) is 5.69 Å². The van der Waals surface area contributed by atoms with Crippen molar-refractivity contribution < 1.29 is 0 Å². The van der Waals surface area contributed by atoms with Crippen LogP contribution in [0.2, 0.25) is 0 Å². The van der Waals surface area contributed by atoms with Crippen LogP contribution < -0.4 is 0 Å². The van der Waals surface area contributed by atoms with Crippen molar-refractivity contribution in [3.63, 3.8) is 0 Å². The molecule has 7 heteroatoms. The van der Waals surface area contributed by atoms with Gasteiger partial charge in [-0.1, -0.05) is 97.1 Å². The van der Waals surface area contributed by atoms with Crippen LogP contribution >= 0.6 is 0 Å². The molecule has 10 aromatic rings. The van der Waals surface area contributed by atoms with E-state index in [4.69, 9.17) is 16.8 Å². The maximum absolute atomic E-state index is 9.53. The first-order chi connectivity index (χ1) is 26.2. The molecule has 7 aromatic carbocycles. The molecule has 10 rings (SSSR count). The van der Waals surface area contributed by atoms with E-state index in [1.54, 1.807) is 24.3 Å². The topological polar surface area (TPSA) is 68.7 Å². The quantitative estimate of drug-likeness (QED) is 0.170. The summed E-state index contributed by atoms with van der Waals surface area (Å²) < 4.78 is 6.78. The Morgan fingerprint density at radius 1 is 0.491 bits per heavy atom. The lowest BCUT2D eigenvalue weighted by atomic mass is 10.1. The number of para-hydroxylation sites is 4. The van der Waals surface area contributed by atoms with E-state index in [2.05, 4.69) is 140 Å². The van der Waals surface area contributed by atoms with Crippen molar-refractivity contribution in [1.82, 2.24) is 23.9 Å². The van der Waals surface area contributed by atoms with Crippen molar-refractivity contribution in [2.24, 2.45) is 0 Å². The van der Waals surface area contributed by atoms with Gasteiger partial charge in [-0.25, -0.2) is 4.85 Å². The monoisotopic (exact) mass is 677 g/mol. The number of hydrogen-bond donors (Lipinski definition) is 0. The zero-order chi connectivity index (χ0) is 35.5. The number of nitriles is 1. The zero-order valence-electron chi connectivity index (χ0n) is 28.2. The molecular weight excluding hydrogens is 651 g/mol. The van der Waals surface area contributed by atoms with Crippen LogP contribution in [0.3, 0.4) is 0 Å². The van der Waals surface area contributed by atoms with Crippen LogP contribution in [0.5, 0.6) is 0 Å². The molecule has 0 N–H and O–H groups in total. The highest BCUT2D eigenvalue weighted by Crippen LogP contribution is 2.40. The van der Waals surface area contributed by atoms with Crippen molar-refractivity contribution in [3.05, 3.63) is 181 Å². The second kappa shape index (κ2) is 11.9. The van der Waals surface area contributed by atoms with Gasteiger partial charge in [-0.2, -0.15) is 5.26 Å². The summed E-state index contributed by atoms with van der Waals surface area (Å²) >= 11 is 0. The highest BCUT2D eigenvalue weighted by molar-refractivity contribution is 6.12. The minimum atomic E-state index is 0.553. The fourth-order valence-corrected chi connectivity index (χ4v) is 7.69. The van der Waals surface area contributed by atoms with Gasteiger partial charge in [0.25, 0.3) is 0 Å². The molecule has 0 atom stereocenters. The van der Waals surface area contributed by atoms with E-state index in [1.807, 2.05) is 24.3 Å². The predicted molar refractivity (Wildman–Crippen MR) is 212 cm³/mol. The highest BCUT2D eigenvalue weighted by Gasteiger charge is 2.23. The summed E-state index contributed by atoms with van der Waals surface area (Å²) in [4.78, 5) is 3.60. The maximum Gasteiger partial charge on any atom is 0.187 e.